The molecule has 0 aliphatic carbocycles. The van der Waals surface area contributed by atoms with Gasteiger partial charge in [-0.05, 0) is 12.3 Å². The van der Waals surface area contributed by atoms with Gasteiger partial charge in [-0.3, -0.25) is 4.79 Å². The molecular weight excluding hydrogens is 162 g/mol. The van der Waals surface area contributed by atoms with Crippen LogP contribution in [0.15, 0.2) is 0 Å². The highest BCUT2D eigenvalue weighted by molar-refractivity contribution is 5.83. The molecular formula is C11H23NO. The number of Topliss-reactive ketones (excluding diaryl/α,β-unsaturated/α-hetero) is 1. The molecule has 0 aromatic rings. The summed E-state index contributed by atoms with van der Waals surface area (Å²) >= 11 is 0. The number of carbonyl (C=O) groups is 1. The van der Waals surface area contributed by atoms with Gasteiger partial charge in [0.15, 0.2) is 0 Å². The normalized spacial score (nSPS) is 15.4. The highest BCUT2D eigenvalue weighted by Crippen LogP contribution is 2.10. The molecule has 13 heavy (non-hydrogen) atoms. The monoisotopic (exact) mass is 185 g/mol. The van der Waals surface area contributed by atoms with Gasteiger partial charge in [-0.1, -0.05) is 40.0 Å². The molecule has 0 saturated heterocycles. The van der Waals surface area contributed by atoms with Crippen molar-refractivity contribution >= 4 is 5.78 Å². The van der Waals surface area contributed by atoms with E-state index in [1.807, 2.05) is 0 Å². The Bertz CT molecular complexity index is 145. The molecule has 0 aromatic heterocycles. The van der Waals surface area contributed by atoms with Crippen LogP contribution in [0.25, 0.3) is 0 Å². The van der Waals surface area contributed by atoms with Crippen LogP contribution in [-0.2, 0) is 4.79 Å². The lowest BCUT2D eigenvalue weighted by atomic mass is 9.96. The number of unbranched alkanes of at least 4 members (excludes halogenated alkanes) is 1. The molecule has 0 fully saturated rings. The molecule has 2 N–H and O–H groups in total. The van der Waals surface area contributed by atoms with Crippen LogP contribution in [-0.4, -0.2) is 11.8 Å². The Kier molecular flexibility index (Phi) is 6.87. The van der Waals surface area contributed by atoms with Crippen molar-refractivity contribution in [2.45, 2.75) is 58.9 Å². The van der Waals surface area contributed by atoms with Gasteiger partial charge in [-0.15, -0.1) is 0 Å². The topological polar surface area (TPSA) is 43.1 Å². The van der Waals surface area contributed by atoms with Crippen molar-refractivity contribution in [3.63, 3.8) is 0 Å². The molecule has 0 heterocycles. The van der Waals surface area contributed by atoms with Gasteiger partial charge in [0, 0.05) is 6.42 Å². The Balaban J connectivity index is 3.68. The molecule has 2 atom stereocenters. The van der Waals surface area contributed by atoms with Crippen LogP contribution < -0.4 is 5.73 Å². The van der Waals surface area contributed by atoms with E-state index in [4.69, 9.17) is 5.73 Å². The zero-order valence-corrected chi connectivity index (χ0v) is 9.18. The zero-order valence-electron chi connectivity index (χ0n) is 9.18. The molecule has 0 rings (SSSR count). The summed E-state index contributed by atoms with van der Waals surface area (Å²) in [6.45, 7) is 6.33. The molecule has 0 aliphatic rings. The summed E-state index contributed by atoms with van der Waals surface area (Å²) in [5, 5.41) is 0. The van der Waals surface area contributed by atoms with E-state index in [9.17, 15) is 4.79 Å². The third-order valence-electron chi connectivity index (χ3n) is 2.53. The van der Waals surface area contributed by atoms with Gasteiger partial charge in [0.1, 0.15) is 5.78 Å². The molecule has 0 spiro atoms. The van der Waals surface area contributed by atoms with Gasteiger partial charge >= 0.3 is 0 Å². The van der Waals surface area contributed by atoms with Gasteiger partial charge in [-0.25, -0.2) is 0 Å². The number of rotatable bonds is 7. The second-order valence-corrected chi connectivity index (χ2v) is 3.93. The van der Waals surface area contributed by atoms with Gasteiger partial charge < -0.3 is 5.73 Å². The quantitative estimate of drug-likeness (QED) is 0.662. The minimum absolute atomic E-state index is 0.214. The highest BCUT2D eigenvalue weighted by Gasteiger charge is 2.14. The Morgan fingerprint density at radius 1 is 1.38 bits per heavy atom. The number of hydrogen-bond donors (Lipinski definition) is 1. The first-order chi connectivity index (χ1) is 6.11. The second kappa shape index (κ2) is 7.07. The smallest absolute Gasteiger partial charge is 0.149 e. The molecule has 78 valence electrons. The van der Waals surface area contributed by atoms with Crippen LogP contribution in [0.1, 0.15) is 52.9 Å². The van der Waals surface area contributed by atoms with Crippen molar-refractivity contribution in [2.24, 2.45) is 11.7 Å². The van der Waals surface area contributed by atoms with E-state index < -0.39 is 0 Å². The molecule has 2 heteroatoms. The Morgan fingerprint density at radius 2 is 2.00 bits per heavy atom. The van der Waals surface area contributed by atoms with Gasteiger partial charge in [-0.2, -0.15) is 0 Å². The first-order valence-electron chi connectivity index (χ1n) is 5.40. The fraction of sp³-hybridized carbons (Fsp3) is 0.909. The number of hydrogen-bond acceptors (Lipinski definition) is 2. The summed E-state index contributed by atoms with van der Waals surface area (Å²) < 4.78 is 0. The standard InChI is InChI=1S/C11H23NO/c1-4-6-7-10(12)11(13)8-9(3)5-2/h9-10H,4-8,12H2,1-3H3. The molecule has 2 unspecified atom stereocenters. The summed E-state index contributed by atoms with van der Waals surface area (Å²) in [4.78, 5) is 11.5. The van der Waals surface area contributed by atoms with Crippen molar-refractivity contribution in [1.29, 1.82) is 0 Å². The van der Waals surface area contributed by atoms with Gasteiger partial charge in [0.25, 0.3) is 0 Å². The SMILES string of the molecule is CCCCC(N)C(=O)CC(C)CC. The fourth-order valence-electron chi connectivity index (χ4n) is 1.22. The van der Waals surface area contributed by atoms with Gasteiger partial charge in [0.2, 0.25) is 0 Å². The average Bonchev–Trinajstić information content (AvgIpc) is 2.13. The van der Waals surface area contributed by atoms with E-state index in [-0.39, 0.29) is 11.8 Å². The van der Waals surface area contributed by atoms with E-state index >= 15 is 0 Å². The minimum atomic E-state index is -0.214. The highest BCUT2D eigenvalue weighted by atomic mass is 16.1. The maximum atomic E-state index is 11.5. The summed E-state index contributed by atoms with van der Waals surface area (Å²) in [6, 6.07) is -0.214. The van der Waals surface area contributed by atoms with Crippen LogP contribution in [0, 0.1) is 5.92 Å². The van der Waals surface area contributed by atoms with Gasteiger partial charge in [0.05, 0.1) is 6.04 Å². The molecule has 0 aromatic carbocycles. The van der Waals surface area contributed by atoms with Crippen molar-refractivity contribution in [3.05, 3.63) is 0 Å². The largest absolute Gasteiger partial charge is 0.322 e. The Labute approximate surface area is 81.9 Å². The van der Waals surface area contributed by atoms with Crippen molar-refractivity contribution < 1.29 is 4.79 Å². The summed E-state index contributed by atoms with van der Waals surface area (Å²) in [6.07, 6.45) is 4.75. The lowest BCUT2D eigenvalue weighted by Crippen LogP contribution is -2.31. The lowest BCUT2D eigenvalue weighted by Gasteiger charge is -2.12. The fourth-order valence-corrected chi connectivity index (χ4v) is 1.22. The second-order valence-electron chi connectivity index (χ2n) is 3.93. The van der Waals surface area contributed by atoms with Crippen LogP contribution in [0.4, 0.5) is 0 Å². The Hall–Kier alpha value is -0.370. The Morgan fingerprint density at radius 3 is 2.46 bits per heavy atom. The number of carbonyl (C=O) groups excluding carboxylic acids is 1. The molecule has 0 bridgehead atoms. The first kappa shape index (κ1) is 12.6. The molecule has 2 nitrogen and oxygen atoms in total. The predicted octanol–water partition coefficient (Wildman–Crippen LogP) is 2.51. The van der Waals surface area contributed by atoms with E-state index in [1.54, 1.807) is 0 Å². The molecule has 0 saturated carbocycles. The predicted molar refractivity (Wildman–Crippen MR) is 56.6 cm³/mol. The molecule has 0 radical (unpaired) electrons. The summed E-state index contributed by atoms with van der Waals surface area (Å²) in [7, 11) is 0. The van der Waals surface area contributed by atoms with E-state index in [0.29, 0.717) is 12.3 Å². The zero-order chi connectivity index (χ0) is 10.3. The van der Waals surface area contributed by atoms with Crippen molar-refractivity contribution in [2.75, 3.05) is 0 Å². The van der Waals surface area contributed by atoms with E-state index in [2.05, 4.69) is 20.8 Å². The van der Waals surface area contributed by atoms with Crippen LogP contribution in [0.2, 0.25) is 0 Å². The average molecular weight is 185 g/mol. The summed E-state index contributed by atoms with van der Waals surface area (Å²) in [5.74, 6) is 0.725. The third kappa shape index (κ3) is 5.81. The maximum absolute atomic E-state index is 11.5. The first-order valence-corrected chi connectivity index (χ1v) is 5.40. The number of ketones is 1. The van der Waals surface area contributed by atoms with E-state index in [0.717, 1.165) is 25.7 Å². The molecule has 0 amide bonds. The lowest BCUT2D eigenvalue weighted by molar-refractivity contribution is -0.121. The van der Waals surface area contributed by atoms with E-state index in [1.165, 1.54) is 0 Å². The summed E-state index contributed by atoms with van der Waals surface area (Å²) in [5.41, 5.74) is 5.76. The number of nitrogens with two attached hydrogens (primary N) is 1. The van der Waals surface area contributed by atoms with Crippen molar-refractivity contribution in [3.8, 4) is 0 Å². The maximum Gasteiger partial charge on any atom is 0.149 e. The third-order valence-corrected chi connectivity index (χ3v) is 2.53. The van der Waals surface area contributed by atoms with Crippen LogP contribution in [0.5, 0.6) is 0 Å². The minimum Gasteiger partial charge on any atom is -0.322 e. The molecule has 0 aliphatic heterocycles. The van der Waals surface area contributed by atoms with Crippen LogP contribution >= 0.6 is 0 Å². The van der Waals surface area contributed by atoms with Crippen LogP contribution in [0.3, 0.4) is 0 Å². The van der Waals surface area contributed by atoms with Crippen molar-refractivity contribution in [1.82, 2.24) is 0 Å².